The lowest BCUT2D eigenvalue weighted by molar-refractivity contribution is -0.356. The molecule has 0 radical (unpaired) electrons. The molecule has 0 spiro atoms. The van der Waals surface area contributed by atoms with Crippen LogP contribution >= 0.6 is 0 Å². The Morgan fingerprint density at radius 1 is 1.14 bits per heavy atom. The number of alkyl halides is 6. The van der Waals surface area contributed by atoms with Crippen LogP contribution in [0, 0.1) is 0 Å². The average molecular weight is 435 g/mol. The predicted octanol–water partition coefficient (Wildman–Crippen LogP) is 1.79. The standard InChI is InChI=1S/C14H16BF6NO5S/c1-22(2)10-4-3-8(5-9(10)6-15)11(23)27-12(13(16,17)18,14(19,20)21)7-28(24,25)26/h3-5H,6-7,15H2,1-2H3,(H,24,25,26). The Morgan fingerprint density at radius 2 is 1.64 bits per heavy atom. The number of rotatable bonds is 6. The number of ether oxygens (including phenoxy) is 1. The van der Waals surface area contributed by atoms with Crippen LogP contribution in [0.2, 0.25) is 0 Å². The van der Waals surface area contributed by atoms with Gasteiger partial charge in [0.1, 0.15) is 13.6 Å². The van der Waals surface area contributed by atoms with Gasteiger partial charge in [0.2, 0.25) is 0 Å². The first-order chi connectivity index (χ1) is 12.4. The minimum Gasteiger partial charge on any atom is -0.435 e. The molecule has 28 heavy (non-hydrogen) atoms. The number of esters is 1. The van der Waals surface area contributed by atoms with Gasteiger partial charge in [-0.05, 0) is 23.8 Å². The lowest BCUT2D eigenvalue weighted by atomic mass is 9.93. The van der Waals surface area contributed by atoms with Crippen LogP contribution in [-0.4, -0.2) is 64.6 Å². The van der Waals surface area contributed by atoms with Crippen molar-refractivity contribution in [3.63, 3.8) is 0 Å². The van der Waals surface area contributed by atoms with E-state index in [2.05, 4.69) is 4.74 Å². The number of carbonyl (C=O) groups excluding carboxylic acids is 1. The third-order valence-electron chi connectivity index (χ3n) is 3.75. The van der Waals surface area contributed by atoms with Crippen LogP contribution in [0.5, 0.6) is 0 Å². The number of nitrogens with zero attached hydrogens (tertiary/aromatic N) is 1. The molecule has 0 heterocycles. The van der Waals surface area contributed by atoms with Crippen molar-refractivity contribution in [1.29, 1.82) is 0 Å². The number of benzene rings is 1. The fourth-order valence-corrected chi connectivity index (χ4v) is 3.28. The van der Waals surface area contributed by atoms with Crippen LogP contribution in [0.1, 0.15) is 15.9 Å². The highest BCUT2D eigenvalue weighted by Gasteiger charge is 2.76. The van der Waals surface area contributed by atoms with E-state index in [1.807, 2.05) is 0 Å². The number of halogens is 6. The summed E-state index contributed by atoms with van der Waals surface area (Å²) < 4.78 is 113. The van der Waals surface area contributed by atoms with Gasteiger partial charge >= 0.3 is 23.9 Å². The summed E-state index contributed by atoms with van der Waals surface area (Å²) in [6, 6.07) is 3.28. The molecule has 1 aromatic rings. The summed E-state index contributed by atoms with van der Waals surface area (Å²) in [4.78, 5) is 13.7. The zero-order valence-corrected chi connectivity index (χ0v) is 15.7. The first-order valence-corrected chi connectivity index (χ1v) is 9.18. The molecule has 0 unspecified atom stereocenters. The van der Waals surface area contributed by atoms with Gasteiger partial charge in [-0.2, -0.15) is 34.8 Å². The van der Waals surface area contributed by atoms with E-state index in [1.54, 1.807) is 26.8 Å². The second-order valence-corrected chi connectivity index (χ2v) is 7.48. The van der Waals surface area contributed by atoms with Gasteiger partial charge in [0.15, 0.2) is 0 Å². The van der Waals surface area contributed by atoms with Crippen molar-refractivity contribution >= 4 is 29.6 Å². The SMILES string of the molecule is BCc1cc(C(=O)OC(CS(=O)(=O)O)(C(F)(F)F)C(F)(F)F)ccc1N(C)C. The normalized spacial score (nSPS) is 13.3. The van der Waals surface area contributed by atoms with Crippen molar-refractivity contribution in [2.24, 2.45) is 0 Å². The van der Waals surface area contributed by atoms with Crippen LogP contribution < -0.4 is 4.90 Å². The zero-order chi connectivity index (χ0) is 22.1. The molecule has 6 nitrogen and oxygen atoms in total. The van der Waals surface area contributed by atoms with Gasteiger partial charge < -0.3 is 9.64 Å². The Morgan fingerprint density at radius 3 is 2.00 bits per heavy atom. The number of carbonyl (C=O) groups is 1. The Balaban J connectivity index is 3.50. The molecule has 0 aliphatic rings. The van der Waals surface area contributed by atoms with Crippen LogP contribution in [-0.2, 0) is 21.2 Å². The maximum atomic E-state index is 13.2. The van der Waals surface area contributed by atoms with Crippen molar-refractivity contribution in [3.05, 3.63) is 29.3 Å². The lowest BCUT2D eigenvalue weighted by Gasteiger charge is -2.35. The smallest absolute Gasteiger partial charge is 0.435 e. The minimum absolute atomic E-state index is 0.295. The van der Waals surface area contributed by atoms with Gasteiger partial charge in [-0.25, -0.2) is 4.79 Å². The Hall–Kier alpha value is -1.96. The Labute approximate surface area is 157 Å². The summed E-state index contributed by atoms with van der Waals surface area (Å²) in [5.41, 5.74) is -5.08. The molecule has 0 saturated heterocycles. The number of hydrogen-bond donors (Lipinski definition) is 1. The quantitative estimate of drug-likeness (QED) is 0.318. The third-order valence-corrected chi connectivity index (χ3v) is 4.52. The molecule has 1 N–H and O–H groups in total. The Bertz CT molecular complexity index is 824. The molecule has 0 aromatic heterocycles. The van der Waals surface area contributed by atoms with Gasteiger partial charge in [0.25, 0.3) is 10.1 Å². The minimum atomic E-state index is -6.37. The Kier molecular flexibility index (Phi) is 6.72. The van der Waals surface area contributed by atoms with Crippen LogP contribution in [0.25, 0.3) is 0 Å². The molecule has 14 heteroatoms. The summed E-state index contributed by atoms with van der Waals surface area (Å²) >= 11 is 0. The highest BCUT2D eigenvalue weighted by Crippen LogP contribution is 2.47. The topological polar surface area (TPSA) is 83.9 Å². The molecule has 0 saturated carbocycles. The molecule has 0 aliphatic carbocycles. The lowest BCUT2D eigenvalue weighted by Crippen LogP contribution is -2.63. The van der Waals surface area contributed by atoms with E-state index in [0.717, 1.165) is 12.1 Å². The summed E-state index contributed by atoms with van der Waals surface area (Å²) in [5.74, 6) is -4.96. The predicted molar refractivity (Wildman–Crippen MR) is 89.7 cm³/mol. The summed E-state index contributed by atoms with van der Waals surface area (Å²) in [7, 11) is -0.915. The monoisotopic (exact) mass is 435 g/mol. The second kappa shape index (κ2) is 7.81. The van der Waals surface area contributed by atoms with Gasteiger partial charge in [0, 0.05) is 19.8 Å². The highest BCUT2D eigenvalue weighted by molar-refractivity contribution is 7.85. The van der Waals surface area contributed by atoms with Crippen molar-refractivity contribution in [3.8, 4) is 0 Å². The van der Waals surface area contributed by atoms with E-state index in [9.17, 15) is 39.6 Å². The highest BCUT2D eigenvalue weighted by atomic mass is 32.2. The van der Waals surface area contributed by atoms with E-state index >= 15 is 0 Å². The average Bonchev–Trinajstić information content (AvgIpc) is 2.49. The molecule has 0 amide bonds. The van der Waals surface area contributed by atoms with E-state index in [4.69, 9.17) is 4.55 Å². The summed E-state index contributed by atoms with van der Waals surface area (Å²) in [5, 5.41) is 0. The van der Waals surface area contributed by atoms with E-state index in [0.29, 0.717) is 17.6 Å². The van der Waals surface area contributed by atoms with Crippen LogP contribution in [0.4, 0.5) is 32.0 Å². The van der Waals surface area contributed by atoms with Crippen molar-refractivity contribution in [1.82, 2.24) is 0 Å². The summed E-state index contributed by atoms with van der Waals surface area (Å²) in [6.07, 6.45) is -12.4. The zero-order valence-electron chi connectivity index (χ0n) is 14.8. The van der Waals surface area contributed by atoms with Gasteiger partial charge in [-0.1, -0.05) is 6.32 Å². The largest absolute Gasteiger partial charge is 0.438 e. The second-order valence-electron chi connectivity index (χ2n) is 6.03. The van der Waals surface area contributed by atoms with Crippen molar-refractivity contribution < 1.29 is 48.8 Å². The fraction of sp³-hybridized carbons (Fsp3) is 0.500. The molecule has 0 atom stereocenters. The molecular weight excluding hydrogens is 419 g/mol. The number of anilines is 1. The number of hydrogen-bond acceptors (Lipinski definition) is 5. The van der Waals surface area contributed by atoms with Gasteiger partial charge in [0.05, 0.1) is 5.56 Å². The molecular formula is C14H16BF6NO5S. The van der Waals surface area contributed by atoms with Crippen molar-refractivity contribution in [2.75, 3.05) is 24.7 Å². The third kappa shape index (κ3) is 5.10. The molecule has 0 bridgehead atoms. The summed E-state index contributed by atoms with van der Waals surface area (Å²) in [6.45, 7) is 0. The van der Waals surface area contributed by atoms with E-state index < -0.39 is 45.4 Å². The first-order valence-electron chi connectivity index (χ1n) is 7.57. The fourth-order valence-electron chi connectivity index (χ4n) is 2.38. The molecule has 0 aliphatic heterocycles. The molecule has 0 fully saturated rings. The van der Waals surface area contributed by atoms with Gasteiger partial charge in [-0.15, -0.1) is 0 Å². The molecule has 158 valence electrons. The maximum Gasteiger partial charge on any atom is 0.438 e. The molecule has 1 rings (SSSR count). The van der Waals surface area contributed by atoms with Gasteiger partial charge in [-0.3, -0.25) is 4.55 Å². The van der Waals surface area contributed by atoms with E-state index in [-0.39, 0.29) is 0 Å². The van der Waals surface area contributed by atoms with E-state index in [1.165, 1.54) is 6.07 Å². The van der Waals surface area contributed by atoms with Crippen LogP contribution in [0.15, 0.2) is 18.2 Å². The first kappa shape index (κ1) is 24.1. The molecule has 1 aromatic carbocycles. The maximum absolute atomic E-state index is 13.2. The van der Waals surface area contributed by atoms with Crippen LogP contribution in [0.3, 0.4) is 0 Å². The van der Waals surface area contributed by atoms with Crippen molar-refractivity contribution in [2.45, 2.75) is 24.3 Å².